The summed E-state index contributed by atoms with van der Waals surface area (Å²) in [5, 5.41) is 4.79. The first-order chi connectivity index (χ1) is 7.25. The monoisotopic (exact) mass is 264 g/mol. The molecule has 2 aromatic rings. The highest BCUT2D eigenvalue weighted by Gasteiger charge is 2.20. The van der Waals surface area contributed by atoms with Gasteiger partial charge in [0.2, 0.25) is 0 Å². The molecule has 0 saturated heterocycles. The van der Waals surface area contributed by atoms with Gasteiger partial charge >= 0.3 is 0 Å². The molecule has 0 amide bonds. The summed E-state index contributed by atoms with van der Waals surface area (Å²) >= 11 is 3.54. The van der Waals surface area contributed by atoms with E-state index in [1.54, 1.807) is 0 Å². The SMILES string of the molecule is CC1CNCc2[nH]c3ccc(Br)cc3c21. The third-order valence-electron chi connectivity index (χ3n) is 3.13. The first-order valence-electron chi connectivity index (χ1n) is 5.26. The highest BCUT2D eigenvalue weighted by molar-refractivity contribution is 9.10. The number of fused-ring (bicyclic) bond motifs is 3. The number of H-pyrrole nitrogens is 1. The van der Waals surface area contributed by atoms with Gasteiger partial charge in [0.15, 0.2) is 0 Å². The van der Waals surface area contributed by atoms with Gasteiger partial charge in [0.05, 0.1) is 0 Å². The summed E-state index contributed by atoms with van der Waals surface area (Å²) in [5.41, 5.74) is 4.09. The van der Waals surface area contributed by atoms with Gasteiger partial charge in [0.25, 0.3) is 0 Å². The minimum atomic E-state index is 0.594. The van der Waals surface area contributed by atoms with Gasteiger partial charge in [-0.2, -0.15) is 0 Å². The predicted octanol–water partition coefficient (Wildman–Crippen LogP) is 3.14. The molecule has 0 saturated carbocycles. The second-order valence-corrected chi connectivity index (χ2v) is 5.15. The molecule has 3 rings (SSSR count). The fourth-order valence-corrected chi connectivity index (χ4v) is 2.82. The average molecular weight is 265 g/mol. The largest absolute Gasteiger partial charge is 0.357 e. The molecule has 1 aromatic heterocycles. The van der Waals surface area contributed by atoms with E-state index in [0.29, 0.717) is 5.92 Å². The average Bonchev–Trinajstić information content (AvgIpc) is 2.57. The fourth-order valence-electron chi connectivity index (χ4n) is 2.46. The van der Waals surface area contributed by atoms with E-state index in [1.165, 1.54) is 22.2 Å². The Bertz CT molecular complexity index is 516. The number of halogens is 1. The van der Waals surface area contributed by atoms with Gasteiger partial charge in [0, 0.05) is 34.2 Å². The maximum atomic E-state index is 3.54. The van der Waals surface area contributed by atoms with Crippen LogP contribution in [0.2, 0.25) is 0 Å². The Morgan fingerprint density at radius 2 is 2.27 bits per heavy atom. The third kappa shape index (κ3) is 1.42. The first-order valence-corrected chi connectivity index (χ1v) is 6.05. The fraction of sp³-hybridized carbons (Fsp3) is 0.333. The standard InChI is InChI=1S/C12H13BrN2/c1-7-5-14-6-11-12(7)9-4-8(13)2-3-10(9)15-11/h2-4,7,14-15H,5-6H2,1H3. The lowest BCUT2D eigenvalue weighted by Gasteiger charge is -2.20. The van der Waals surface area contributed by atoms with Gasteiger partial charge in [-0.3, -0.25) is 0 Å². The molecule has 78 valence electrons. The highest BCUT2D eigenvalue weighted by atomic mass is 79.9. The van der Waals surface area contributed by atoms with Crippen LogP contribution in [0.15, 0.2) is 22.7 Å². The Hall–Kier alpha value is -0.800. The van der Waals surface area contributed by atoms with Crippen LogP contribution in [0.4, 0.5) is 0 Å². The highest BCUT2D eigenvalue weighted by Crippen LogP contribution is 2.32. The molecule has 2 heterocycles. The molecule has 3 heteroatoms. The first kappa shape index (κ1) is 9.43. The van der Waals surface area contributed by atoms with E-state index in [0.717, 1.165) is 17.6 Å². The van der Waals surface area contributed by atoms with Crippen molar-refractivity contribution in [1.82, 2.24) is 10.3 Å². The summed E-state index contributed by atoms with van der Waals surface area (Å²) in [6, 6.07) is 6.44. The predicted molar refractivity (Wildman–Crippen MR) is 66.1 cm³/mol. The van der Waals surface area contributed by atoms with E-state index in [2.05, 4.69) is 51.4 Å². The van der Waals surface area contributed by atoms with Crippen molar-refractivity contribution in [3.8, 4) is 0 Å². The molecule has 0 radical (unpaired) electrons. The molecule has 0 aliphatic carbocycles. The van der Waals surface area contributed by atoms with Crippen molar-refractivity contribution >= 4 is 26.8 Å². The molecule has 0 bridgehead atoms. The Kier molecular flexibility index (Phi) is 2.11. The maximum Gasteiger partial charge on any atom is 0.0460 e. The van der Waals surface area contributed by atoms with Gasteiger partial charge in [-0.15, -0.1) is 0 Å². The van der Waals surface area contributed by atoms with Gasteiger partial charge in [0.1, 0.15) is 0 Å². The molecule has 1 unspecified atom stereocenters. The van der Waals surface area contributed by atoms with Crippen LogP contribution in [0.5, 0.6) is 0 Å². The van der Waals surface area contributed by atoms with Crippen molar-refractivity contribution in [3.63, 3.8) is 0 Å². The molecule has 1 atom stereocenters. The zero-order chi connectivity index (χ0) is 10.4. The Morgan fingerprint density at radius 3 is 3.13 bits per heavy atom. The van der Waals surface area contributed by atoms with Crippen molar-refractivity contribution in [2.75, 3.05) is 6.54 Å². The summed E-state index contributed by atoms with van der Waals surface area (Å²) in [4.78, 5) is 3.49. The third-order valence-corrected chi connectivity index (χ3v) is 3.62. The van der Waals surface area contributed by atoms with Crippen LogP contribution in [-0.4, -0.2) is 11.5 Å². The van der Waals surface area contributed by atoms with E-state index in [-0.39, 0.29) is 0 Å². The minimum absolute atomic E-state index is 0.594. The number of aromatic nitrogens is 1. The number of benzene rings is 1. The van der Waals surface area contributed by atoms with E-state index in [9.17, 15) is 0 Å². The normalized spacial score (nSPS) is 20.5. The lowest BCUT2D eigenvalue weighted by Crippen LogP contribution is -2.26. The minimum Gasteiger partial charge on any atom is -0.357 e. The number of hydrogen-bond donors (Lipinski definition) is 2. The van der Waals surface area contributed by atoms with Gasteiger partial charge in [-0.1, -0.05) is 22.9 Å². The van der Waals surface area contributed by atoms with Crippen molar-refractivity contribution in [1.29, 1.82) is 0 Å². The summed E-state index contributed by atoms with van der Waals surface area (Å²) in [5.74, 6) is 0.594. The van der Waals surface area contributed by atoms with Crippen LogP contribution in [-0.2, 0) is 6.54 Å². The number of nitrogens with one attached hydrogen (secondary N) is 2. The topological polar surface area (TPSA) is 27.8 Å². The molecule has 0 fully saturated rings. The molecule has 2 nitrogen and oxygen atoms in total. The molecule has 1 aliphatic heterocycles. The Balaban J connectivity index is 2.33. The van der Waals surface area contributed by atoms with Crippen molar-refractivity contribution in [2.24, 2.45) is 0 Å². The Labute approximate surface area is 97.2 Å². The quantitative estimate of drug-likeness (QED) is 0.752. The Morgan fingerprint density at radius 1 is 1.40 bits per heavy atom. The molecule has 1 aromatic carbocycles. The summed E-state index contributed by atoms with van der Waals surface area (Å²) in [7, 11) is 0. The van der Waals surface area contributed by atoms with Crippen LogP contribution in [0.3, 0.4) is 0 Å². The van der Waals surface area contributed by atoms with Gasteiger partial charge in [-0.05, 0) is 29.7 Å². The van der Waals surface area contributed by atoms with Crippen LogP contribution >= 0.6 is 15.9 Å². The summed E-state index contributed by atoms with van der Waals surface area (Å²) < 4.78 is 1.16. The molecule has 1 aliphatic rings. The molecule has 2 N–H and O–H groups in total. The van der Waals surface area contributed by atoms with E-state index >= 15 is 0 Å². The smallest absolute Gasteiger partial charge is 0.0460 e. The van der Waals surface area contributed by atoms with Gasteiger partial charge < -0.3 is 10.3 Å². The molecule has 0 spiro atoms. The summed E-state index contributed by atoms with van der Waals surface area (Å²) in [6.45, 7) is 4.32. The van der Waals surface area contributed by atoms with Crippen molar-refractivity contribution in [3.05, 3.63) is 33.9 Å². The molecule has 15 heavy (non-hydrogen) atoms. The lowest BCUT2D eigenvalue weighted by molar-refractivity contribution is 0.568. The van der Waals surface area contributed by atoms with Crippen LogP contribution in [0.25, 0.3) is 10.9 Å². The maximum absolute atomic E-state index is 3.54. The van der Waals surface area contributed by atoms with Crippen LogP contribution in [0, 0.1) is 0 Å². The summed E-state index contributed by atoms with van der Waals surface area (Å²) in [6.07, 6.45) is 0. The number of rotatable bonds is 0. The lowest BCUT2D eigenvalue weighted by atomic mass is 9.95. The zero-order valence-electron chi connectivity index (χ0n) is 8.60. The van der Waals surface area contributed by atoms with E-state index in [4.69, 9.17) is 0 Å². The van der Waals surface area contributed by atoms with E-state index < -0.39 is 0 Å². The van der Waals surface area contributed by atoms with E-state index in [1.807, 2.05) is 0 Å². The zero-order valence-corrected chi connectivity index (χ0v) is 10.2. The molecular formula is C12H13BrN2. The van der Waals surface area contributed by atoms with Crippen LogP contribution < -0.4 is 5.32 Å². The van der Waals surface area contributed by atoms with Crippen molar-refractivity contribution < 1.29 is 0 Å². The number of hydrogen-bond acceptors (Lipinski definition) is 1. The number of aromatic amines is 1. The van der Waals surface area contributed by atoms with Crippen LogP contribution in [0.1, 0.15) is 24.1 Å². The second kappa shape index (κ2) is 3.35. The van der Waals surface area contributed by atoms with Crippen molar-refractivity contribution in [2.45, 2.75) is 19.4 Å². The van der Waals surface area contributed by atoms with Gasteiger partial charge in [-0.25, -0.2) is 0 Å². The second-order valence-electron chi connectivity index (χ2n) is 4.24. The molecular weight excluding hydrogens is 252 g/mol.